The predicted octanol–water partition coefficient (Wildman–Crippen LogP) is 4.76. The van der Waals surface area contributed by atoms with Crippen molar-refractivity contribution in [3.8, 4) is 5.88 Å². The highest BCUT2D eigenvalue weighted by atomic mass is 79.9. The fraction of sp³-hybridized carbons (Fsp3) is 0.375. The molecule has 0 aliphatic carbocycles. The van der Waals surface area contributed by atoms with Crippen LogP contribution in [-0.4, -0.2) is 46.7 Å². The molecular weight excluding hydrogens is 442 g/mol. The van der Waals surface area contributed by atoms with Crippen molar-refractivity contribution in [2.24, 2.45) is 0 Å². The summed E-state index contributed by atoms with van der Waals surface area (Å²) in [4.78, 5) is 15.0. The number of likely N-dealkylation sites (tertiary alicyclic amines) is 1. The Labute approximate surface area is 185 Å². The number of halogens is 1. The van der Waals surface area contributed by atoms with E-state index in [1.165, 1.54) is 32.4 Å². The van der Waals surface area contributed by atoms with Crippen molar-refractivity contribution in [2.75, 3.05) is 26.2 Å². The third-order valence-electron chi connectivity index (χ3n) is 5.77. The van der Waals surface area contributed by atoms with E-state index in [2.05, 4.69) is 26.1 Å². The van der Waals surface area contributed by atoms with Crippen LogP contribution in [0.3, 0.4) is 0 Å². The van der Waals surface area contributed by atoms with Crippen LogP contribution in [0.4, 0.5) is 0 Å². The second kappa shape index (κ2) is 9.67. The van der Waals surface area contributed by atoms with E-state index in [1.54, 1.807) is 6.07 Å². The van der Waals surface area contributed by atoms with Crippen LogP contribution in [0, 0.1) is 0 Å². The molecule has 1 aliphatic rings. The maximum absolute atomic E-state index is 12.6. The van der Waals surface area contributed by atoms with Gasteiger partial charge in [0.25, 0.3) is 5.91 Å². The van der Waals surface area contributed by atoms with E-state index in [-0.39, 0.29) is 11.8 Å². The van der Waals surface area contributed by atoms with Gasteiger partial charge in [0.15, 0.2) is 5.88 Å². The Morgan fingerprint density at radius 3 is 2.60 bits per heavy atom. The van der Waals surface area contributed by atoms with E-state index in [9.17, 15) is 9.90 Å². The van der Waals surface area contributed by atoms with Gasteiger partial charge in [0, 0.05) is 33.6 Å². The third kappa shape index (κ3) is 5.05. The van der Waals surface area contributed by atoms with Crippen molar-refractivity contribution in [1.82, 2.24) is 14.8 Å². The van der Waals surface area contributed by atoms with Gasteiger partial charge in [0.1, 0.15) is 0 Å². The van der Waals surface area contributed by atoms with Gasteiger partial charge >= 0.3 is 0 Å². The number of fused-ring (bicyclic) bond motifs is 1. The number of nitrogens with one attached hydrogen (secondary N) is 1. The minimum Gasteiger partial charge on any atom is -0.494 e. The molecule has 2 heterocycles. The number of hydrogen-bond acceptors (Lipinski definition) is 3. The van der Waals surface area contributed by atoms with Crippen molar-refractivity contribution in [3.05, 3.63) is 64.3 Å². The number of aromatic nitrogens is 1. The molecule has 2 N–H and O–H groups in total. The highest BCUT2D eigenvalue weighted by molar-refractivity contribution is 9.10. The Hall–Kier alpha value is -2.31. The lowest BCUT2D eigenvalue weighted by molar-refractivity contribution is 0.0951. The van der Waals surface area contributed by atoms with Crippen LogP contribution < -0.4 is 5.32 Å². The van der Waals surface area contributed by atoms with Crippen molar-refractivity contribution in [2.45, 2.75) is 32.2 Å². The monoisotopic (exact) mass is 469 g/mol. The molecule has 3 aromatic rings. The van der Waals surface area contributed by atoms with E-state index in [0.717, 1.165) is 28.4 Å². The number of piperidine rings is 1. The molecule has 5 nitrogen and oxygen atoms in total. The summed E-state index contributed by atoms with van der Waals surface area (Å²) in [7, 11) is 0. The lowest BCUT2D eigenvalue weighted by atomic mass is 10.1. The summed E-state index contributed by atoms with van der Waals surface area (Å²) < 4.78 is 2.84. The summed E-state index contributed by atoms with van der Waals surface area (Å²) in [6, 6.07) is 13.5. The van der Waals surface area contributed by atoms with Crippen LogP contribution in [0.2, 0.25) is 0 Å². The van der Waals surface area contributed by atoms with Crippen molar-refractivity contribution < 1.29 is 9.90 Å². The van der Waals surface area contributed by atoms with Crippen LogP contribution in [0.25, 0.3) is 10.8 Å². The van der Waals surface area contributed by atoms with Gasteiger partial charge in [-0.1, -0.05) is 40.5 Å². The summed E-state index contributed by atoms with van der Waals surface area (Å²) in [5, 5.41) is 15.3. The third-order valence-corrected chi connectivity index (χ3v) is 6.30. The van der Waals surface area contributed by atoms with Gasteiger partial charge in [0.05, 0.1) is 6.54 Å². The van der Waals surface area contributed by atoms with Gasteiger partial charge in [-0.3, -0.25) is 4.79 Å². The molecule has 1 aliphatic heterocycles. The van der Waals surface area contributed by atoms with Crippen LogP contribution in [0.5, 0.6) is 5.88 Å². The highest BCUT2D eigenvalue weighted by Crippen LogP contribution is 2.29. The zero-order valence-corrected chi connectivity index (χ0v) is 18.7. The molecule has 1 amide bonds. The molecular formula is C24H28BrN3O2. The fourth-order valence-corrected chi connectivity index (χ4v) is 4.35. The fourth-order valence-electron chi connectivity index (χ4n) is 4.08. The summed E-state index contributed by atoms with van der Waals surface area (Å²) in [6.07, 6.45) is 6.80. The Balaban J connectivity index is 1.37. The first-order valence-corrected chi connectivity index (χ1v) is 11.5. The molecule has 1 saturated heterocycles. The Bertz CT molecular complexity index is 1010. The van der Waals surface area contributed by atoms with Crippen molar-refractivity contribution in [1.29, 1.82) is 0 Å². The van der Waals surface area contributed by atoms with Crippen LogP contribution in [-0.2, 0) is 6.54 Å². The number of hydrogen-bond donors (Lipinski definition) is 2. The predicted molar refractivity (Wildman–Crippen MR) is 124 cm³/mol. The number of carbonyl (C=O) groups excluding carboxylic acids is 1. The Morgan fingerprint density at radius 1 is 1.07 bits per heavy atom. The molecule has 0 atom stereocenters. The minimum atomic E-state index is -0.0874. The summed E-state index contributed by atoms with van der Waals surface area (Å²) in [6.45, 7) is 4.65. The lowest BCUT2D eigenvalue weighted by Gasteiger charge is -2.26. The highest BCUT2D eigenvalue weighted by Gasteiger charge is 2.13. The summed E-state index contributed by atoms with van der Waals surface area (Å²) in [5.41, 5.74) is 1.68. The molecule has 1 aromatic heterocycles. The largest absolute Gasteiger partial charge is 0.494 e. The van der Waals surface area contributed by atoms with E-state index in [0.29, 0.717) is 24.0 Å². The van der Waals surface area contributed by atoms with E-state index in [4.69, 9.17) is 0 Å². The van der Waals surface area contributed by atoms with Gasteiger partial charge < -0.3 is 19.9 Å². The SMILES string of the molecule is O=C(NCCCN1CCCCC1)c1ccc2cn(Cc3ccc(Br)cc3)c(O)c2c1. The maximum Gasteiger partial charge on any atom is 0.251 e. The molecule has 4 rings (SSSR count). The lowest BCUT2D eigenvalue weighted by Crippen LogP contribution is -2.33. The summed E-state index contributed by atoms with van der Waals surface area (Å²) in [5.74, 6) is 0.100. The maximum atomic E-state index is 12.6. The molecule has 158 valence electrons. The molecule has 0 unspecified atom stereocenters. The quantitative estimate of drug-likeness (QED) is 0.490. The molecule has 1 fully saturated rings. The first-order valence-electron chi connectivity index (χ1n) is 10.7. The number of nitrogens with zero attached hydrogens (tertiary/aromatic N) is 2. The topological polar surface area (TPSA) is 57.5 Å². The first-order chi connectivity index (χ1) is 14.6. The number of benzene rings is 2. The van der Waals surface area contributed by atoms with Gasteiger partial charge in [-0.2, -0.15) is 0 Å². The molecule has 0 bridgehead atoms. The van der Waals surface area contributed by atoms with Gasteiger partial charge in [0.2, 0.25) is 0 Å². The zero-order valence-electron chi connectivity index (χ0n) is 17.1. The smallest absolute Gasteiger partial charge is 0.251 e. The summed E-state index contributed by atoms with van der Waals surface area (Å²) >= 11 is 3.44. The van der Waals surface area contributed by atoms with Crippen LogP contribution in [0.1, 0.15) is 41.6 Å². The van der Waals surface area contributed by atoms with E-state index >= 15 is 0 Å². The molecule has 0 spiro atoms. The number of aromatic hydroxyl groups is 1. The van der Waals surface area contributed by atoms with Crippen molar-refractivity contribution >= 4 is 32.6 Å². The van der Waals surface area contributed by atoms with Crippen LogP contribution >= 0.6 is 15.9 Å². The molecule has 2 aromatic carbocycles. The molecule has 0 saturated carbocycles. The van der Waals surface area contributed by atoms with Gasteiger partial charge in [-0.15, -0.1) is 0 Å². The second-order valence-corrected chi connectivity index (χ2v) is 8.94. The average molecular weight is 470 g/mol. The van der Waals surface area contributed by atoms with Gasteiger partial charge in [-0.25, -0.2) is 0 Å². The zero-order chi connectivity index (χ0) is 20.9. The molecule has 6 heteroatoms. The number of rotatable bonds is 7. The molecule has 0 radical (unpaired) electrons. The standard InChI is InChI=1S/C24H28BrN3O2/c25-21-9-5-18(6-10-21)16-28-17-20-8-7-19(15-22(20)24(28)30)23(29)26-11-4-14-27-12-2-1-3-13-27/h5-10,15,17,30H,1-4,11-14,16H2,(H,26,29). The van der Waals surface area contributed by atoms with Crippen LogP contribution in [0.15, 0.2) is 53.1 Å². The van der Waals surface area contributed by atoms with E-state index < -0.39 is 0 Å². The normalized spacial score (nSPS) is 14.8. The second-order valence-electron chi connectivity index (χ2n) is 8.02. The number of carbonyl (C=O) groups is 1. The molecule has 30 heavy (non-hydrogen) atoms. The number of amides is 1. The van der Waals surface area contributed by atoms with Crippen molar-refractivity contribution in [3.63, 3.8) is 0 Å². The minimum absolute atomic E-state index is 0.0874. The first kappa shape index (κ1) is 20.9. The van der Waals surface area contributed by atoms with Gasteiger partial charge in [-0.05, 0) is 68.7 Å². The Kier molecular flexibility index (Phi) is 6.75. The average Bonchev–Trinajstić information content (AvgIpc) is 3.08. The Morgan fingerprint density at radius 2 is 1.83 bits per heavy atom. The van der Waals surface area contributed by atoms with E-state index in [1.807, 2.05) is 47.2 Å².